The van der Waals surface area contributed by atoms with Gasteiger partial charge in [0.15, 0.2) is 0 Å². The molecule has 0 aromatic rings. The van der Waals surface area contributed by atoms with Crippen molar-refractivity contribution in [2.45, 2.75) is 51.1 Å². The number of likely N-dealkylation sites (tertiary alicyclic amines) is 1. The SMILES string of the molecule is CCC1CCCCCN1CC(CO)NC. The minimum absolute atomic E-state index is 0.233. The van der Waals surface area contributed by atoms with Crippen LogP contribution < -0.4 is 5.32 Å². The van der Waals surface area contributed by atoms with Crippen LogP contribution in [-0.2, 0) is 0 Å². The predicted octanol–water partition coefficient (Wildman–Crippen LogP) is 1.22. The second kappa shape index (κ2) is 7.20. The molecular weight excluding hydrogens is 188 g/mol. The van der Waals surface area contributed by atoms with Gasteiger partial charge in [0.2, 0.25) is 0 Å². The minimum Gasteiger partial charge on any atom is -0.395 e. The Hall–Kier alpha value is -0.120. The van der Waals surface area contributed by atoms with Crippen LogP contribution in [0, 0.1) is 0 Å². The van der Waals surface area contributed by atoms with Crippen LogP contribution in [0.25, 0.3) is 0 Å². The van der Waals surface area contributed by atoms with Crippen molar-refractivity contribution in [1.29, 1.82) is 0 Å². The van der Waals surface area contributed by atoms with Crippen LogP contribution in [0.5, 0.6) is 0 Å². The highest BCUT2D eigenvalue weighted by Gasteiger charge is 2.21. The lowest BCUT2D eigenvalue weighted by Gasteiger charge is -2.31. The molecule has 0 aromatic heterocycles. The lowest BCUT2D eigenvalue weighted by molar-refractivity contribution is 0.146. The van der Waals surface area contributed by atoms with Gasteiger partial charge in [0.05, 0.1) is 6.61 Å². The van der Waals surface area contributed by atoms with E-state index in [1.165, 1.54) is 38.6 Å². The summed E-state index contributed by atoms with van der Waals surface area (Å²) in [6.07, 6.45) is 6.63. The summed E-state index contributed by atoms with van der Waals surface area (Å²) >= 11 is 0. The summed E-state index contributed by atoms with van der Waals surface area (Å²) in [5, 5.41) is 12.4. The van der Waals surface area contributed by atoms with Crippen molar-refractivity contribution >= 4 is 0 Å². The zero-order valence-electron chi connectivity index (χ0n) is 10.2. The normalized spacial score (nSPS) is 26.2. The topological polar surface area (TPSA) is 35.5 Å². The van der Waals surface area contributed by atoms with Gasteiger partial charge < -0.3 is 10.4 Å². The molecule has 0 bridgehead atoms. The zero-order valence-corrected chi connectivity index (χ0v) is 10.2. The number of aliphatic hydroxyl groups excluding tert-OH is 1. The van der Waals surface area contributed by atoms with Crippen LogP contribution in [0.4, 0.5) is 0 Å². The minimum atomic E-state index is 0.233. The van der Waals surface area contributed by atoms with Gasteiger partial charge in [-0.3, -0.25) is 4.90 Å². The first kappa shape index (κ1) is 12.9. The van der Waals surface area contributed by atoms with Crippen LogP contribution in [-0.4, -0.2) is 48.8 Å². The van der Waals surface area contributed by atoms with E-state index in [-0.39, 0.29) is 12.6 Å². The number of hydrogen-bond donors (Lipinski definition) is 2. The molecular formula is C12H26N2O. The third kappa shape index (κ3) is 4.09. The molecule has 15 heavy (non-hydrogen) atoms. The highest BCUT2D eigenvalue weighted by Crippen LogP contribution is 2.19. The Morgan fingerprint density at radius 3 is 2.80 bits per heavy atom. The van der Waals surface area contributed by atoms with Crippen molar-refractivity contribution in [2.24, 2.45) is 0 Å². The van der Waals surface area contributed by atoms with E-state index in [1.54, 1.807) is 0 Å². The third-order valence-corrected chi connectivity index (χ3v) is 3.55. The van der Waals surface area contributed by atoms with Gasteiger partial charge in [-0.15, -0.1) is 0 Å². The fourth-order valence-electron chi connectivity index (χ4n) is 2.46. The first-order chi connectivity index (χ1) is 7.31. The molecule has 0 spiro atoms. The molecule has 1 saturated heterocycles. The zero-order chi connectivity index (χ0) is 11.1. The summed E-state index contributed by atoms with van der Waals surface area (Å²) < 4.78 is 0. The maximum absolute atomic E-state index is 9.20. The van der Waals surface area contributed by atoms with Crippen molar-refractivity contribution < 1.29 is 5.11 Å². The van der Waals surface area contributed by atoms with E-state index in [1.807, 2.05) is 7.05 Å². The Morgan fingerprint density at radius 1 is 1.40 bits per heavy atom. The Labute approximate surface area is 93.9 Å². The summed E-state index contributed by atoms with van der Waals surface area (Å²) in [5.74, 6) is 0. The number of nitrogens with zero attached hydrogens (tertiary/aromatic N) is 1. The molecule has 1 aliphatic rings. The average molecular weight is 214 g/mol. The van der Waals surface area contributed by atoms with Gasteiger partial charge >= 0.3 is 0 Å². The summed E-state index contributed by atoms with van der Waals surface area (Å²) in [6.45, 7) is 4.71. The van der Waals surface area contributed by atoms with Crippen LogP contribution in [0.3, 0.4) is 0 Å². The van der Waals surface area contributed by atoms with Crippen LogP contribution in [0.2, 0.25) is 0 Å². The van der Waals surface area contributed by atoms with Gasteiger partial charge in [-0.05, 0) is 32.9 Å². The largest absolute Gasteiger partial charge is 0.395 e. The van der Waals surface area contributed by atoms with Gasteiger partial charge in [-0.2, -0.15) is 0 Å². The average Bonchev–Trinajstić information content (AvgIpc) is 2.50. The Balaban J connectivity index is 2.46. The van der Waals surface area contributed by atoms with E-state index in [0.717, 1.165) is 12.6 Å². The van der Waals surface area contributed by atoms with E-state index >= 15 is 0 Å². The maximum Gasteiger partial charge on any atom is 0.0597 e. The molecule has 1 fully saturated rings. The van der Waals surface area contributed by atoms with Crippen molar-refractivity contribution in [3.05, 3.63) is 0 Å². The van der Waals surface area contributed by atoms with Gasteiger partial charge in [0.25, 0.3) is 0 Å². The van der Waals surface area contributed by atoms with E-state index in [4.69, 9.17) is 0 Å². The standard InChI is InChI=1S/C12H26N2O/c1-3-12-7-5-4-6-8-14(12)9-11(10-15)13-2/h11-13,15H,3-10H2,1-2H3. The maximum atomic E-state index is 9.20. The summed E-state index contributed by atoms with van der Waals surface area (Å²) in [5.41, 5.74) is 0. The predicted molar refractivity (Wildman–Crippen MR) is 64.1 cm³/mol. The number of nitrogens with one attached hydrogen (secondary N) is 1. The van der Waals surface area contributed by atoms with Crippen molar-refractivity contribution in [3.63, 3.8) is 0 Å². The molecule has 1 rings (SSSR count). The molecule has 1 heterocycles. The van der Waals surface area contributed by atoms with Crippen molar-refractivity contribution in [1.82, 2.24) is 10.2 Å². The van der Waals surface area contributed by atoms with E-state index in [9.17, 15) is 5.11 Å². The van der Waals surface area contributed by atoms with E-state index < -0.39 is 0 Å². The molecule has 0 aromatic carbocycles. The van der Waals surface area contributed by atoms with Crippen molar-refractivity contribution in [3.8, 4) is 0 Å². The Morgan fingerprint density at radius 2 is 2.20 bits per heavy atom. The van der Waals surface area contributed by atoms with Gasteiger partial charge in [-0.25, -0.2) is 0 Å². The number of rotatable bonds is 5. The number of likely N-dealkylation sites (N-methyl/N-ethyl adjacent to an activating group) is 1. The molecule has 1 aliphatic heterocycles. The molecule has 2 N–H and O–H groups in total. The summed E-state index contributed by atoms with van der Waals surface area (Å²) in [7, 11) is 1.93. The van der Waals surface area contributed by atoms with Crippen LogP contribution in [0.1, 0.15) is 39.0 Å². The van der Waals surface area contributed by atoms with Gasteiger partial charge in [-0.1, -0.05) is 19.8 Å². The first-order valence-electron chi connectivity index (χ1n) is 6.34. The molecule has 90 valence electrons. The Bertz CT molecular complexity index is 160. The molecule has 0 saturated carbocycles. The molecule has 0 radical (unpaired) electrons. The number of aliphatic hydroxyl groups is 1. The molecule has 0 aliphatic carbocycles. The molecule has 0 amide bonds. The second-order valence-corrected chi connectivity index (χ2v) is 4.57. The van der Waals surface area contributed by atoms with Gasteiger partial charge in [0, 0.05) is 18.6 Å². The molecule has 3 nitrogen and oxygen atoms in total. The molecule has 2 unspecified atom stereocenters. The Kier molecular flexibility index (Phi) is 6.22. The second-order valence-electron chi connectivity index (χ2n) is 4.57. The van der Waals surface area contributed by atoms with Crippen LogP contribution in [0.15, 0.2) is 0 Å². The fraction of sp³-hybridized carbons (Fsp3) is 1.00. The summed E-state index contributed by atoms with van der Waals surface area (Å²) in [4.78, 5) is 2.56. The van der Waals surface area contributed by atoms with Crippen molar-refractivity contribution in [2.75, 3.05) is 26.7 Å². The summed E-state index contributed by atoms with van der Waals surface area (Å²) in [6, 6.07) is 0.965. The van der Waals surface area contributed by atoms with E-state index in [2.05, 4.69) is 17.1 Å². The quantitative estimate of drug-likeness (QED) is 0.722. The van der Waals surface area contributed by atoms with E-state index in [0.29, 0.717) is 0 Å². The monoisotopic (exact) mass is 214 g/mol. The fourth-order valence-corrected chi connectivity index (χ4v) is 2.46. The smallest absolute Gasteiger partial charge is 0.0597 e. The lowest BCUT2D eigenvalue weighted by atomic mass is 10.1. The number of hydrogen-bond acceptors (Lipinski definition) is 3. The first-order valence-corrected chi connectivity index (χ1v) is 6.34. The van der Waals surface area contributed by atoms with Gasteiger partial charge in [0.1, 0.15) is 0 Å². The highest BCUT2D eigenvalue weighted by atomic mass is 16.3. The van der Waals surface area contributed by atoms with Crippen LogP contribution >= 0.6 is 0 Å². The third-order valence-electron chi connectivity index (χ3n) is 3.55. The molecule has 3 heteroatoms. The molecule has 2 atom stereocenters. The highest BCUT2D eigenvalue weighted by molar-refractivity contribution is 4.78. The lowest BCUT2D eigenvalue weighted by Crippen LogP contribution is -2.45.